The first-order valence-electron chi connectivity index (χ1n) is 13.5. The van der Waals surface area contributed by atoms with E-state index in [1.807, 2.05) is 18.2 Å². The van der Waals surface area contributed by atoms with Gasteiger partial charge in [-0.15, -0.1) is 0 Å². The molecule has 2 aliphatic rings. The van der Waals surface area contributed by atoms with E-state index in [4.69, 9.17) is 9.84 Å². The molecule has 4 rings (SSSR count). The maximum atomic E-state index is 13.9. The number of ether oxygens (including phenoxy) is 1. The van der Waals surface area contributed by atoms with Gasteiger partial charge in [-0.25, -0.2) is 9.18 Å². The van der Waals surface area contributed by atoms with Gasteiger partial charge in [0.1, 0.15) is 23.7 Å². The summed E-state index contributed by atoms with van der Waals surface area (Å²) in [6.45, 7) is 2.40. The Bertz CT molecular complexity index is 1220. The van der Waals surface area contributed by atoms with E-state index < -0.39 is 12.0 Å². The Balaban J connectivity index is 1.22. The monoisotopic (exact) mass is 538 g/mol. The Morgan fingerprint density at radius 3 is 2.51 bits per heavy atom. The van der Waals surface area contributed by atoms with Gasteiger partial charge in [0.05, 0.1) is 0 Å². The van der Waals surface area contributed by atoms with Crippen LogP contribution in [0.1, 0.15) is 61.3 Å². The van der Waals surface area contributed by atoms with Crippen LogP contribution >= 0.6 is 0 Å². The molecule has 9 heteroatoms. The summed E-state index contributed by atoms with van der Waals surface area (Å²) in [4.78, 5) is 50.0. The molecular weight excluding hydrogens is 503 g/mol. The molecule has 1 fully saturated rings. The number of carbonyl (C=O) groups excluding carboxylic acids is 3. The number of fused-ring (bicyclic) bond motifs is 1. The largest absolute Gasteiger partial charge is 0.480 e. The van der Waals surface area contributed by atoms with Crippen molar-refractivity contribution in [1.82, 2.24) is 10.2 Å². The van der Waals surface area contributed by atoms with Crippen molar-refractivity contribution in [3.05, 3.63) is 70.5 Å². The summed E-state index contributed by atoms with van der Waals surface area (Å²) >= 11 is 0. The minimum atomic E-state index is -1.06. The Labute approximate surface area is 227 Å². The summed E-state index contributed by atoms with van der Waals surface area (Å²) in [5.41, 5.74) is 3.41. The van der Waals surface area contributed by atoms with E-state index in [1.165, 1.54) is 13.0 Å². The van der Waals surface area contributed by atoms with E-state index >= 15 is 0 Å². The Morgan fingerprint density at radius 1 is 1.05 bits per heavy atom. The maximum Gasteiger partial charge on any atom is 0.410 e. The van der Waals surface area contributed by atoms with Crippen molar-refractivity contribution >= 4 is 23.8 Å². The zero-order valence-corrected chi connectivity index (χ0v) is 22.2. The zero-order valence-electron chi connectivity index (χ0n) is 22.2. The Kier molecular flexibility index (Phi) is 9.32. The van der Waals surface area contributed by atoms with Crippen molar-refractivity contribution in [1.29, 1.82) is 0 Å². The van der Waals surface area contributed by atoms with E-state index in [9.17, 15) is 23.6 Å². The van der Waals surface area contributed by atoms with Gasteiger partial charge in [0.15, 0.2) is 0 Å². The van der Waals surface area contributed by atoms with E-state index in [-0.39, 0.29) is 54.9 Å². The van der Waals surface area contributed by atoms with Crippen molar-refractivity contribution in [3.63, 3.8) is 0 Å². The predicted molar refractivity (Wildman–Crippen MR) is 141 cm³/mol. The number of halogens is 1. The minimum absolute atomic E-state index is 0.0498. The average molecular weight is 539 g/mol. The van der Waals surface area contributed by atoms with Gasteiger partial charge < -0.3 is 20.1 Å². The quantitative estimate of drug-likeness (QED) is 0.495. The first-order valence-corrected chi connectivity index (χ1v) is 13.5. The lowest BCUT2D eigenvalue weighted by Gasteiger charge is -2.32. The molecule has 0 saturated heterocycles. The Morgan fingerprint density at radius 2 is 1.79 bits per heavy atom. The summed E-state index contributed by atoms with van der Waals surface area (Å²) in [6, 6.07) is 11.2. The molecule has 208 valence electrons. The third-order valence-corrected chi connectivity index (χ3v) is 7.57. The fourth-order valence-corrected chi connectivity index (χ4v) is 5.31. The number of amides is 2. The van der Waals surface area contributed by atoms with E-state index in [0.29, 0.717) is 37.9 Å². The molecule has 0 spiro atoms. The fourth-order valence-electron chi connectivity index (χ4n) is 5.31. The molecule has 0 aromatic heterocycles. The zero-order chi connectivity index (χ0) is 27.9. The highest BCUT2D eigenvalue weighted by Crippen LogP contribution is 2.30. The van der Waals surface area contributed by atoms with Crippen molar-refractivity contribution < 1.29 is 33.4 Å². The third-order valence-electron chi connectivity index (χ3n) is 7.57. The highest BCUT2D eigenvalue weighted by atomic mass is 19.1. The number of rotatable bonds is 9. The average Bonchev–Trinajstić information content (AvgIpc) is 2.90. The fraction of sp³-hybridized carbons (Fsp3) is 0.467. The van der Waals surface area contributed by atoms with Gasteiger partial charge in [-0.05, 0) is 73.3 Å². The minimum Gasteiger partial charge on any atom is -0.480 e. The number of hydrogen-bond acceptors (Lipinski definition) is 5. The normalized spacial score (nSPS) is 19.5. The molecule has 0 bridgehead atoms. The number of carbonyl (C=O) groups is 4. The lowest BCUT2D eigenvalue weighted by molar-refractivity contribution is -0.141. The molecule has 39 heavy (non-hydrogen) atoms. The lowest BCUT2D eigenvalue weighted by atomic mass is 9.85. The predicted octanol–water partition coefficient (Wildman–Crippen LogP) is 4.21. The lowest BCUT2D eigenvalue weighted by Crippen LogP contribution is -2.40. The molecule has 2 amide bonds. The molecule has 1 atom stereocenters. The molecule has 0 radical (unpaired) electrons. The molecule has 2 aromatic carbocycles. The van der Waals surface area contributed by atoms with Gasteiger partial charge in [0.2, 0.25) is 5.91 Å². The molecule has 1 aliphatic heterocycles. The molecule has 2 aromatic rings. The van der Waals surface area contributed by atoms with Gasteiger partial charge in [-0.1, -0.05) is 36.4 Å². The van der Waals surface area contributed by atoms with E-state index in [0.717, 1.165) is 29.5 Å². The molecule has 2 N–H and O–H groups in total. The number of nitrogens with zero attached hydrogens (tertiary/aromatic N) is 1. The SMILES string of the molecule is CC(NC(=O)CC1CCC(OC(=O)N2CCc3cc(CC(=O)Cc4ccccc4F)ccc3C2)CC1)C(=O)O. The van der Waals surface area contributed by atoms with Gasteiger partial charge >= 0.3 is 12.1 Å². The first kappa shape index (κ1) is 28.3. The van der Waals surface area contributed by atoms with Crippen LogP contribution in [0.2, 0.25) is 0 Å². The first-order chi connectivity index (χ1) is 18.7. The summed E-state index contributed by atoms with van der Waals surface area (Å²) < 4.78 is 19.6. The number of ketones is 1. The third kappa shape index (κ3) is 7.88. The summed E-state index contributed by atoms with van der Waals surface area (Å²) in [5.74, 6) is -1.60. The van der Waals surface area contributed by atoms with E-state index in [2.05, 4.69) is 5.32 Å². The van der Waals surface area contributed by atoms with Crippen LogP contribution in [0.3, 0.4) is 0 Å². The van der Waals surface area contributed by atoms with Crippen molar-refractivity contribution in [2.24, 2.45) is 5.92 Å². The van der Waals surface area contributed by atoms with E-state index in [1.54, 1.807) is 23.1 Å². The van der Waals surface area contributed by atoms with Crippen molar-refractivity contribution in [2.75, 3.05) is 6.54 Å². The highest BCUT2D eigenvalue weighted by Gasteiger charge is 2.29. The Hall–Kier alpha value is -3.75. The van der Waals surface area contributed by atoms with Crippen molar-refractivity contribution in [3.8, 4) is 0 Å². The molecular formula is C30H35FN2O6. The molecule has 1 saturated carbocycles. The van der Waals surface area contributed by atoms with Crippen LogP contribution in [-0.4, -0.2) is 52.4 Å². The molecule has 8 nitrogen and oxygen atoms in total. The van der Waals surface area contributed by atoms with Gasteiger partial charge in [-0.3, -0.25) is 14.4 Å². The van der Waals surface area contributed by atoms with Gasteiger partial charge in [0.25, 0.3) is 0 Å². The van der Waals surface area contributed by atoms with Crippen LogP contribution in [0.15, 0.2) is 42.5 Å². The summed E-state index contributed by atoms with van der Waals surface area (Å²) in [7, 11) is 0. The van der Waals surface area contributed by atoms with Crippen LogP contribution in [0.25, 0.3) is 0 Å². The topological polar surface area (TPSA) is 113 Å². The second kappa shape index (κ2) is 12.9. The van der Waals surface area contributed by atoms with Gasteiger partial charge in [0, 0.05) is 32.4 Å². The van der Waals surface area contributed by atoms with Gasteiger partial charge in [-0.2, -0.15) is 0 Å². The molecule has 1 heterocycles. The number of carboxylic acids is 1. The van der Waals surface area contributed by atoms with Crippen LogP contribution in [0.5, 0.6) is 0 Å². The maximum absolute atomic E-state index is 13.9. The summed E-state index contributed by atoms with van der Waals surface area (Å²) in [5, 5.41) is 11.4. The summed E-state index contributed by atoms with van der Waals surface area (Å²) in [6.07, 6.45) is 3.52. The number of nitrogens with one attached hydrogen (secondary N) is 1. The molecule has 1 unspecified atom stereocenters. The number of Topliss-reactive ketones (excluding diaryl/α,β-unsaturated/α-hetero) is 1. The number of carboxylic acid groups (broad SMARTS) is 1. The number of benzene rings is 2. The standard InChI is InChI=1S/C30H35FN2O6/c1-19(29(36)37)32-28(35)16-20-7-10-26(11-8-20)39-30(38)33-13-12-22-14-21(6-9-24(22)18-33)15-25(34)17-23-4-2-3-5-27(23)31/h2-6,9,14,19-20,26H,7-8,10-13,15-18H2,1H3,(H,32,35)(H,36,37). The molecule has 1 aliphatic carbocycles. The van der Waals surface area contributed by atoms with Crippen LogP contribution < -0.4 is 5.32 Å². The van der Waals surface area contributed by atoms with Crippen LogP contribution in [0, 0.1) is 11.7 Å². The highest BCUT2D eigenvalue weighted by molar-refractivity contribution is 5.83. The van der Waals surface area contributed by atoms with Crippen LogP contribution in [-0.2, 0) is 44.9 Å². The second-order valence-corrected chi connectivity index (χ2v) is 10.6. The second-order valence-electron chi connectivity index (χ2n) is 10.6. The number of hydrogen-bond donors (Lipinski definition) is 2. The smallest absolute Gasteiger partial charge is 0.410 e. The van der Waals surface area contributed by atoms with Crippen molar-refractivity contribution in [2.45, 2.75) is 77.0 Å². The number of aliphatic carboxylic acids is 1. The van der Waals surface area contributed by atoms with Crippen LogP contribution in [0.4, 0.5) is 9.18 Å².